The molecule has 0 aliphatic carbocycles. The molecule has 0 fully saturated rings. The minimum absolute atomic E-state index is 0.545. The molecule has 1 heterocycles. The molecule has 0 atom stereocenters. The Balaban J connectivity index is 1.96. The van der Waals surface area contributed by atoms with Crippen molar-refractivity contribution in [3.05, 3.63) is 47.8 Å². The van der Waals surface area contributed by atoms with E-state index in [1.807, 2.05) is 36.0 Å². The van der Waals surface area contributed by atoms with Gasteiger partial charge in [0.2, 0.25) is 0 Å². The lowest BCUT2D eigenvalue weighted by Gasteiger charge is -2.05. The lowest BCUT2D eigenvalue weighted by atomic mass is 10.1. The molecule has 0 aliphatic rings. The first-order valence-corrected chi connectivity index (χ1v) is 5.75. The van der Waals surface area contributed by atoms with Gasteiger partial charge in [0.25, 0.3) is 0 Å². The first kappa shape index (κ1) is 11.7. The van der Waals surface area contributed by atoms with Crippen LogP contribution >= 0.6 is 0 Å². The summed E-state index contributed by atoms with van der Waals surface area (Å²) in [6.45, 7) is 4.00. The Labute approximate surface area is 101 Å². The Hall–Kier alpha value is -1.81. The minimum Gasteiger partial charge on any atom is -0.486 e. The van der Waals surface area contributed by atoms with Gasteiger partial charge in [-0.2, -0.15) is 5.10 Å². The summed E-state index contributed by atoms with van der Waals surface area (Å²) in [5, 5.41) is 4.15. The zero-order valence-corrected chi connectivity index (χ0v) is 9.97. The van der Waals surface area contributed by atoms with Gasteiger partial charge in [-0.15, -0.1) is 0 Å². The Morgan fingerprint density at radius 1 is 1.35 bits per heavy atom. The van der Waals surface area contributed by atoms with Gasteiger partial charge >= 0.3 is 0 Å². The van der Waals surface area contributed by atoms with Crippen molar-refractivity contribution in [2.75, 3.05) is 0 Å². The summed E-state index contributed by atoms with van der Waals surface area (Å²) in [7, 11) is 0. The van der Waals surface area contributed by atoms with E-state index in [0.29, 0.717) is 13.2 Å². The second-order valence-electron chi connectivity index (χ2n) is 3.84. The van der Waals surface area contributed by atoms with Crippen molar-refractivity contribution in [1.82, 2.24) is 9.78 Å². The minimum atomic E-state index is 0.545. The molecule has 0 bridgehead atoms. The zero-order chi connectivity index (χ0) is 12.1. The number of ether oxygens (including phenoxy) is 1. The first-order valence-electron chi connectivity index (χ1n) is 5.75. The predicted molar refractivity (Wildman–Crippen MR) is 66.6 cm³/mol. The van der Waals surface area contributed by atoms with E-state index in [4.69, 9.17) is 10.5 Å². The normalized spacial score (nSPS) is 10.5. The Bertz CT molecular complexity index is 479. The standard InChI is InChI=1S/C13H17N3O/c1-2-16-9-13(8-15-16)17-10-12-5-3-4-11(6-12)7-14/h3-6,8-9H,2,7,10,14H2,1H3. The summed E-state index contributed by atoms with van der Waals surface area (Å²) in [5.74, 6) is 0.796. The number of rotatable bonds is 5. The monoisotopic (exact) mass is 231 g/mol. The van der Waals surface area contributed by atoms with E-state index in [9.17, 15) is 0 Å². The van der Waals surface area contributed by atoms with E-state index in [1.54, 1.807) is 6.20 Å². The second kappa shape index (κ2) is 5.50. The van der Waals surface area contributed by atoms with Crippen LogP contribution in [-0.4, -0.2) is 9.78 Å². The molecule has 2 aromatic rings. The fraction of sp³-hybridized carbons (Fsp3) is 0.308. The number of aryl methyl sites for hydroxylation is 1. The lowest BCUT2D eigenvalue weighted by Crippen LogP contribution is -1.99. The average Bonchev–Trinajstić information content (AvgIpc) is 2.84. The number of hydrogen-bond donors (Lipinski definition) is 1. The van der Waals surface area contributed by atoms with Crippen molar-refractivity contribution >= 4 is 0 Å². The number of hydrogen-bond acceptors (Lipinski definition) is 3. The Kier molecular flexibility index (Phi) is 3.77. The molecule has 0 unspecified atom stereocenters. The summed E-state index contributed by atoms with van der Waals surface area (Å²) in [4.78, 5) is 0. The van der Waals surface area contributed by atoms with Crippen molar-refractivity contribution in [3.8, 4) is 5.75 Å². The number of benzene rings is 1. The van der Waals surface area contributed by atoms with E-state index in [2.05, 4.69) is 11.2 Å². The van der Waals surface area contributed by atoms with Crippen LogP contribution in [0.1, 0.15) is 18.1 Å². The third-order valence-electron chi connectivity index (χ3n) is 2.57. The fourth-order valence-corrected chi connectivity index (χ4v) is 1.61. The molecule has 0 amide bonds. The van der Waals surface area contributed by atoms with Crippen molar-refractivity contribution < 1.29 is 4.74 Å². The van der Waals surface area contributed by atoms with Gasteiger partial charge in [0.1, 0.15) is 6.61 Å². The second-order valence-corrected chi connectivity index (χ2v) is 3.84. The van der Waals surface area contributed by atoms with Gasteiger partial charge in [-0.1, -0.05) is 24.3 Å². The summed E-state index contributed by atoms with van der Waals surface area (Å²) in [6, 6.07) is 8.10. The Morgan fingerprint density at radius 2 is 2.18 bits per heavy atom. The van der Waals surface area contributed by atoms with Crippen LogP contribution in [0.2, 0.25) is 0 Å². The first-order chi connectivity index (χ1) is 8.31. The summed E-state index contributed by atoms with van der Waals surface area (Å²) in [5.41, 5.74) is 7.84. The molecular weight excluding hydrogens is 214 g/mol. The molecule has 0 radical (unpaired) electrons. The van der Waals surface area contributed by atoms with Crippen molar-refractivity contribution in [3.63, 3.8) is 0 Å². The molecule has 2 N–H and O–H groups in total. The van der Waals surface area contributed by atoms with Gasteiger partial charge in [0.05, 0.1) is 12.4 Å². The van der Waals surface area contributed by atoms with Crippen LogP contribution in [0.5, 0.6) is 5.75 Å². The smallest absolute Gasteiger partial charge is 0.157 e. The van der Waals surface area contributed by atoms with Crippen LogP contribution in [0.4, 0.5) is 0 Å². The molecular formula is C13H17N3O. The molecule has 1 aromatic heterocycles. The lowest BCUT2D eigenvalue weighted by molar-refractivity contribution is 0.305. The van der Waals surface area contributed by atoms with Crippen LogP contribution in [0.25, 0.3) is 0 Å². The highest BCUT2D eigenvalue weighted by Gasteiger charge is 1.99. The van der Waals surface area contributed by atoms with Gasteiger partial charge in [0.15, 0.2) is 5.75 Å². The van der Waals surface area contributed by atoms with Crippen LogP contribution in [0, 0.1) is 0 Å². The maximum Gasteiger partial charge on any atom is 0.157 e. The maximum absolute atomic E-state index is 5.65. The molecule has 0 spiro atoms. The molecule has 2 rings (SSSR count). The van der Waals surface area contributed by atoms with E-state index in [1.165, 1.54) is 0 Å². The largest absolute Gasteiger partial charge is 0.486 e. The van der Waals surface area contributed by atoms with Gasteiger partial charge in [-0.05, 0) is 18.1 Å². The van der Waals surface area contributed by atoms with E-state index in [-0.39, 0.29) is 0 Å². The summed E-state index contributed by atoms with van der Waals surface area (Å²) < 4.78 is 7.49. The quantitative estimate of drug-likeness (QED) is 0.855. The third-order valence-corrected chi connectivity index (χ3v) is 2.57. The molecule has 1 aromatic carbocycles. The van der Waals surface area contributed by atoms with E-state index >= 15 is 0 Å². The van der Waals surface area contributed by atoms with Crippen molar-refractivity contribution in [2.24, 2.45) is 5.73 Å². The van der Waals surface area contributed by atoms with Crippen LogP contribution in [0.3, 0.4) is 0 Å². The maximum atomic E-state index is 5.65. The third kappa shape index (κ3) is 3.07. The van der Waals surface area contributed by atoms with Crippen LogP contribution in [-0.2, 0) is 19.7 Å². The molecule has 0 saturated heterocycles. The summed E-state index contributed by atoms with van der Waals surface area (Å²) in [6.07, 6.45) is 3.63. The number of nitrogens with zero attached hydrogens (tertiary/aromatic N) is 2. The molecule has 0 aliphatic heterocycles. The SMILES string of the molecule is CCn1cc(OCc2cccc(CN)c2)cn1. The average molecular weight is 231 g/mol. The van der Waals surface area contributed by atoms with Gasteiger partial charge < -0.3 is 10.5 Å². The molecule has 17 heavy (non-hydrogen) atoms. The van der Waals surface area contributed by atoms with Gasteiger partial charge in [-0.3, -0.25) is 4.68 Å². The van der Waals surface area contributed by atoms with Crippen LogP contribution in [0.15, 0.2) is 36.7 Å². The summed E-state index contributed by atoms with van der Waals surface area (Å²) >= 11 is 0. The number of aromatic nitrogens is 2. The van der Waals surface area contributed by atoms with Crippen LogP contribution < -0.4 is 10.5 Å². The fourth-order valence-electron chi connectivity index (χ4n) is 1.61. The molecule has 0 saturated carbocycles. The topological polar surface area (TPSA) is 53.1 Å². The molecule has 4 heteroatoms. The molecule has 4 nitrogen and oxygen atoms in total. The van der Waals surface area contributed by atoms with E-state index < -0.39 is 0 Å². The van der Waals surface area contributed by atoms with Gasteiger partial charge in [0, 0.05) is 13.1 Å². The highest BCUT2D eigenvalue weighted by atomic mass is 16.5. The highest BCUT2D eigenvalue weighted by Crippen LogP contribution is 2.12. The van der Waals surface area contributed by atoms with Crippen molar-refractivity contribution in [1.29, 1.82) is 0 Å². The zero-order valence-electron chi connectivity index (χ0n) is 9.97. The van der Waals surface area contributed by atoms with Gasteiger partial charge in [-0.25, -0.2) is 0 Å². The Morgan fingerprint density at radius 3 is 2.88 bits per heavy atom. The number of nitrogens with two attached hydrogens (primary N) is 1. The van der Waals surface area contributed by atoms with Crippen molar-refractivity contribution in [2.45, 2.75) is 26.6 Å². The predicted octanol–water partition coefficient (Wildman–Crippen LogP) is 1.94. The highest BCUT2D eigenvalue weighted by molar-refractivity contribution is 5.23. The van der Waals surface area contributed by atoms with E-state index in [0.717, 1.165) is 23.4 Å². The molecule has 90 valence electrons.